The third kappa shape index (κ3) is 4.95. The molecule has 0 spiro atoms. The van der Waals surface area contributed by atoms with Crippen LogP contribution in [0.2, 0.25) is 10.0 Å². The highest BCUT2D eigenvalue weighted by Gasteiger charge is 2.58. The lowest BCUT2D eigenvalue weighted by Gasteiger charge is -2.44. The van der Waals surface area contributed by atoms with E-state index in [4.69, 9.17) is 33.7 Å². The molecule has 1 saturated carbocycles. The number of aryl methyl sites for hydroxylation is 2. The summed E-state index contributed by atoms with van der Waals surface area (Å²) in [6.07, 6.45) is -0.976. The third-order valence-corrected chi connectivity index (χ3v) is 8.68. The van der Waals surface area contributed by atoms with Gasteiger partial charge < -0.3 is 20.5 Å². The van der Waals surface area contributed by atoms with Crippen LogP contribution in [0, 0.1) is 30.0 Å². The lowest BCUT2D eigenvalue weighted by atomic mass is 9.78. The minimum Gasteiger partial charge on any atom is -0.465 e. The highest BCUT2D eigenvalue weighted by Crippen LogP contribution is 2.50. The molecule has 1 aromatic heterocycles. The Morgan fingerprint density at radius 1 is 1.33 bits per heavy atom. The summed E-state index contributed by atoms with van der Waals surface area (Å²) in [7, 11) is 0. The standard InChI is InChI=1S/C30H30Cl2FN5O4/c1-14-24(35)27(38(29(41)42-30(2,3)4)26-16-12-20(26)37(13-16)28(39)40)18-11-15(7-6-10-34)21(23(33)25(18)36-14)17-8-5-9-19(31)22(17)32/h5,8-9,11,16,20,26H,6-7,12-13,35H2,1-4H3,(H,39,40)/t16?,20?,26-/m0/s1. The van der Waals surface area contributed by atoms with Gasteiger partial charge in [-0.3, -0.25) is 4.90 Å². The summed E-state index contributed by atoms with van der Waals surface area (Å²) in [5.74, 6) is -0.865. The first-order valence-electron chi connectivity index (χ1n) is 13.5. The van der Waals surface area contributed by atoms with Crippen LogP contribution in [-0.4, -0.2) is 51.4 Å². The monoisotopic (exact) mass is 613 g/mol. The van der Waals surface area contributed by atoms with E-state index in [1.165, 1.54) is 9.80 Å². The van der Waals surface area contributed by atoms with Gasteiger partial charge in [-0.1, -0.05) is 35.3 Å². The molecule has 0 radical (unpaired) electrons. The molecule has 3 atom stereocenters. The molecule has 3 aromatic rings. The van der Waals surface area contributed by atoms with Gasteiger partial charge in [-0.25, -0.2) is 19.0 Å². The smallest absolute Gasteiger partial charge is 0.415 e. The summed E-state index contributed by atoms with van der Waals surface area (Å²) in [5.41, 5.74) is 7.23. The Balaban J connectivity index is 1.81. The first kappa shape index (κ1) is 29.7. The Hall–Kier alpha value is -3.81. The molecule has 9 nitrogen and oxygen atoms in total. The Morgan fingerprint density at radius 2 is 2.05 bits per heavy atom. The van der Waals surface area contributed by atoms with Crippen molar-refractivity contribution in [2.75, 3.05) is 17.2 Å². The fourth-order valence-corrected chi connectivity index (χ4v) is 6.42. The molecule has 3 fully saturated rings. The van der Waals surface area contributed by atoms with Crippen molar-refractivity contribution < 1.29 is 23.8 Å². The molecule has 3 heterocycles. The van der Waals surface area contributed by atoms with Crippen LogP contribution in [0.1, 0.15) is 44.9 Å². The van der Waals surface area contributed by atoms with Crippen LogP contribution in [0.3, 0.4) is 0 Å². The number of amides is 2. The van der Waals surface area contributed by atoms with Gasteiger partial charge in [0.1, 0.15) is 11.1 Å². The second kappa shape index (κ2) is 10.8. The van der Waals surface area contributed by atoms with Crippen LogP contribution in [0.5, 0.6) is 0 Å². The van der Waals surface area contributed by atoms with Gasteiger partial charge in [-0.2, -0.15) is 5.26 Å². The number of nitriles is 1. The van der Waals surface area contributed by atoms with Crippen molar-refractivity contribution in [2.24, 2.45) is 5.92 Å². The zero-order chi connectivity index (χ0) is 30.7. The summed E-state index contributed by atoms with van der Waals surface area (Å²) in [5, 5.41) is 19.8. The number of carbonyl (C=O) groups excluding carboxylic acids is 1. The molecule has 3 N–H and O–H groups in total. The number of pyridine rings is 1. The van der Waals surface area contributed by atoms with Gasteiger partial charge in [-0.15, -0.1) is 0 Å². The maximum absolute atomic E-state index is 16.7. The molecule has 3 aliphatic rings. The van der Waals surface area contributed by atoms with E-state index in [1.807, 2.05) is 0 Å². The summed E-state index contributed by atoms with van der Waals surface area (Å²) < 4.78 is 22.5. The van der Waals surface area contributed by atoms with Gasteiger partial charge in [0.05, 0.1) is 45.3 Å². The second-order valence-electron chi connectivity index (χ2n) is 11.7. The number of benzene rings is 2. The van der Waals surface area contributed by atoms with E-state index in [0.29, 0.717) is 17.5 Å². The SMILES string of the molecule is Cc1nc2c(F)c(-c3cccc(Cl)c3Cl)c(CCC#N)cc2c(N(C(=O)OC(C)(C)C)[C@H]2C3CC2N(C(=O)O)C3)c1N. The number of fused-ring (bicyclic) bond motifs is 2. The van der Waals surface area contributed by atoms with Crippen LogP contribution in [0.25, 0.3) is 22.0 Å². The van der Waals surface area contributed by atoms with Crippen LogP contribution in [0.15, 0.2) is 24.3 Å². The van der Waals surface area contributed by atoms with Crippen molar-refractivity contribution in [3.05, 3.63) is 51.4 Å². The largest absolute Gasteiger partial charge is 0.465 e. The average Bonchev–Trinajstić information content (AvgIpc) is 3.50. The minimum absolute atomic E-state index is 0.0567. The Bertz CT molecular complexity index is 1670. The van der Waals surface area contributed by atoms with E-state index in [0.717, 1.165) is 0 Å². The Morgan fingerprint density at radius 3 is 2.67 bits per heavy atom. The van der Waals surface area contributed by atoms with Gasteiger partial charge in [0.25, 0.3) is 0 Å². The van der Waals surface area contributed by atoms with Crippen molar-refractivity contribution in [2.45, 2.75) is 64.6 Å². The van der Waals surface area contributed by atoms with Crippen molar-refractivity contribution >= 4 is 57.7 Å². The molecule has 2 bridgehead atoms. The molecule has 2 amide bonds. The number of carbonyl (C=O) groups is 2. The van der Waals surface area contributed by atoms with E-state index >= 15 is 4.39 Å². The molecular formula is C30H30Cl2FN5O4. The number of hydrogen-bond donors (Lipinski definition) is 2. The van der Waals surface area contributed by atoms with E-state index in [2.05, 4.69) is 11.1 Å². The Kier molecular flexibility index (Phi) is 7.62. The zero-order valence-electron chi connectivity index (χ0n) is 23.5. The van der Waals surface area contributed by atoms with Gasteiger partial charge in [0, 0.05) is 35.4 Å². The quantitative estimate of drug-likeness (QED) is 0.311. The molecule has 6 rings (SSSR count). The number of nitrogens with two attached hydrogens (primary N) is 1. The van der Waals surface area contributed by atoms with E-state index in [1.54, 1.807) is 52.0 Å². The van der Waals surface area contributed by atoms with E-state index < -0.39 is 35.7 Å². The lowest BCUT2D eigenvalue weighted by Crippen LogP contribution is -2.58. The molecule has 2 saturated heterocycles. The van der Waals surface area contributed by atoms with Crippen LogP contribution in [0.4, 0.5) is 25.4 Å². The van der Waals surface area contributed by atoms with Crippen molar-refractivity contribution in [1.82, 2.24) is 9.88 Å². The summed E-state index contributed by atoms with van der Waals surface area (Å²) in [6, 6.07) is 7.60. The molecular weight excluding hydrogens is 584 g/mol. The predicted molar refractivity (Wildman–Crippen MR) is 159 cm³/mol. The summed E-state index contributed by atoms with van der Waals surface area (Å²) in [4.78, 5) is 33.0. The highest BCUT2D eigenvalue weighted by molar-refractivity contribution is 6.43. The molecule has 1 aliphatic carbocycles. The van der Waals surface area contributed by atoms with Gasteiger partial charge in [0.2, 0.25) is 0 Å². The van der Waals surface area contributed by atoms with Crippen LogP contribution in [-0.2, 0) is 11.2 Å². The second-order valence-corrected chi connectivity index (χ2v) is 12.5. The normalized spacial score (nSPS) is 19.4. The lowest BCUT2D eigenvalue weighted by molar-refractivity contribution is 0.0518. The number of nitrogens with zero attached hydrogens (tertiary/aromatic N) is 4. The highest BCUT2D eigenvalue weighted by atomic mass is 35.5. The van der Waals surface area contributed by atoms with Crippen molar-refractivity contribution in [3.8, 4) is 17.2 Å². The zero-order valence-corrected chi connectivity index (χ0v) is 25.1. The van der Waals surface area contributed by atoms with Crippen LogP contribution >= 0.6 is 23.2 Å². The number of carboxylic acid groups (broad SMARTS) is 1. The van der Waals surface area contributed by atoms with E-state index in [-0.39, 0.29) is 68.9 Å². The number of hydrogen-bond acceptors (Lipinski definition) is 6. The number of rotatable bonds is 5. The number of anilines is 2. The molecule has 12 heteroatoms. The molecule has 2 unspecified atom stereocenters. The minimum atomic E-state index is -1.08. The predicted octanol–water partition coefficient (Wildman–Crippen LogP) is 7.19. The molecule has 42 heavy (non-hydrogen) atoms. The van der Waals surface area contributed by atoms with Gasteiger partial charge in [0.15, 0.2) is 5.82 Å². The first-order chi connectivity index (χ1) is 19.7. The molecule has 2 aromatic carbocycles. The number of ether oxygens (including phenoxy) is 1. The van der Waals surface area contributed by atoms with Gasteiger partial charge >= 0.3 is 12.2 Å². The summed E-state index contributed by atoms with van der Waals surface area (Å²) in [6.45, 7) is 7.04. The molecule has 220 valence electrons. The fraction of sp³-hybridized carbons (Fsp3) is 0.400. The summed E-state index contributed by atoms with van der Waals surface area (Å²) >= 11 is 12.8. The topological polar surface area (TPSA) is 133 Å². The van der Waals surface area contributed by atoms with Crippen LogP contribution < -0.4 is 10.6 Å². The maximum Gasteiger partial charge on any atom is 0.415 e. The van der Waals surface area contributed by atoms with Crippen molar-refractivity contribution in [3.63, 3.8) is 0 Å². The van der Waals surface area contributed by atoms with Gasteiger partial charge in [-0.05, 0) is 58.2 Å². The molecule has 2 aliphatic heterocycles. The number of nitrogen functional groups attached to an aromatic ring is 1. The third-order valence-electron chi connectivity index (χ3n) is 7.86. The first-order valence-corrected chi connectivity index (χ1v) is 14.2. The average molecular weight is 615 g/mol. The number of halogens is 3. The fourth-order valence-electron chi connectivity index (χ4n) is 6.03. The Labute approximate surface area is 252 Å². The maximum atomic E-state index is 16.7. The van der Waals surface area contributed by atoms with E-state index in [9.17, 15) is 20.0 Å². The van der Waals surface area contributed by atoms with Crippen molar-refractivity contribution in [1.29, 1.82) is 5.26 Å². The number of aromatic nitrogens is 1.